The number of amides is 3. The molecule has 2 aromatic rings. The average Bonchev–Trinajstić information content (AvgIpc) is 2.94. The summed E-state index contributed by atoms with van der Waals surface area (Å²) in [6.45, 7) is -0.838. The first-order chi connectivity index (χ1) is 12.7. The number of anilines is 1. The van der Waals surface area contributed by atoms with Crippen molar-refractivity contribution in [2.75, 3.05) is 11.4 Å². The van der Waals surface area contributed by atoms with E-state index in [0.717, 1.165) is 11.1 Å². The van der Waals surface area contributed by atoms with Gasteiger partial charge in [0.2, 0.25) is 5.91 Å². The summed E-state index contributed by atoms with van der Waals surface area (Å²) in [5.41, 5.74) is -1.65. The average molecular weight is 404 g/mol. The number of ether oxygens (including phenoxy) is 1. The Kier molecular flexibility index (Phi) is 4.92. The summed E-state index contributed by atoms with van der Waals surface area (Å²) < 4.78 is 57.9. The number of nitrogens with one attached hydrogen (secondary N) is 1. The molecule has 0 radical (unpaired) electrons. The van der Waals surface area contributed by atoms with Gasteiger partial charge in [-0.1, -0.05) is 11.6 Å². The van der Waals surface area contributed by atoms with Gasteiger partial charge in [-0.2, -0.15) is 13.2 Å². The minimum Gasteiger partial charge on any atom is -0.487 e. The zero-order chi connectivity index (χ0) is 19.8. The van der Waals surface area contributed by atoms with E-state index in [1.807, 2.05) is 0 Å². The van der Waals surface area contributed by atoms with Crippen molar-refractivity contribution >= 4 is 29.4 Å². The molecule has 6 nitrogen and oxygen atoms in total. The molecule has 3 rings (SSSR count). The summed E-state index contributed by atoms with van der Waals surface area (Å²) in [6, 6.07) is 3.28. The zero-order valence-electron chi connectivity index (χ0n) is 13.3. The van der Waals surface area contributed by atoms with Gasteiger partial charge in [-0.05, 0) is 24.3 Å². The van der Waals surface area contributed by atoms with Gasteiger partial charge in [0.1, 0.15) is 30.5 Å². The molecule has 27 heavy (non-hydrogen) atoms. The predicted octanol–water partition coefficient (Wildman–Crippen LogP) is 3.53. The van der Waals surface area contributed by atoms with Gasteiger partial charge in [0.05, 0.1) is 16.8 Å². The fraction of sp³-hybridized carbons (Fsp3) is 0.188. The first-order valence-corrected chi connectivity index (χ1v) is 7.79. The van der Waals surface area contributed by atoms with Crippen molar-refractivity contribution < 1.29 is 31.9 Å². The Morgan fingerprint density at radius 2 is 1.96 bits per heavy atom. The molecule has 1 aromatic heterocycles. The summed E-state index contributed by atoms with van der Waals surface area (Å²) in [7, 11) is 0. The quantitative estimate of drug-likeness (QED) is 0.626. The molecule has 1 saturated heterocycles. The summed E-state index contributed by atoms with van der Waals surface area (Å²) >= 11 is 5.66. The maximum absolute atomic E-state index is 13.5. The highest BCUT2D eigenvalue weighted by molar-refractivity contribution is 6.31. The second kappa shape index (κ2) is 7.03. The number of benzene rings is 1. The van der Waals surface area contributed by atoms with E-state index in [-0.39, 0.29) is 18.1 Å². The van der Waals surface area contributed by atoms with Crippen LogP contribution < -0.4 is 15.0 Å². The number of hydrogen-bond acceptors (Lipinski definition) is 4. The number of urea groups is 1. The monoisotopic (exact) mass is 403 g/mol. The molecular weight excluding hydrogens is 394 g/mol. The Hall–Kier alpha value is -2.88. The Labute approximate surface area is 154 Å². The Bertz CT molecular complexity index is 903. The van der Waals surface area contributed by atoms with Crippen molar-refractivity contribution in [3.8, 4) is 5.75 Å². The highest BCUT2D eigenvalue weighted by Gasteiger charge is 2.35. The molecule has 1 fully saturated rings. The third-order valence-corrected chi connectivity index (χ3v) is 4.08. The van der Waals surface area contributed by atoms with E-state index < -0.39 is 46.7 Å². The SMILES string of the molecule is O=C1CN(c2ccc(OCc3c(C(F)(F)F)ccc(F)c3Cl)cn2)C(=O)N1. The van der Waals surface area contributed by atoms with Gasteiger partial charge >= 0.3 is 12.2 Å². The van der Waals surface area contributed by atoms with E-state index in [4.69, 9.17) is 16.3 Å². The number of rotatable bonds is 4. The largest absolute Gasteiger partial charge is 0.487 e. The maximum Gasteiger partial charge on any atom is 0.416 e. The number of nitrogens with zero attached hydrogens (tertiary/aromatic N) is 2. The molecule has 0 spiro atoms. The first kappa shape index (κ1) is 18.9. The Morgan fingerprint density at radius 1 is 1.22 bits per heavy atom. The molecule has 1 aliphatic heterocycles. The molecule has 1 N–H and O–H groups in total. The lowest BCUT2D eigenvalue weighted by atomic mass is 10.1. The van der Waals surface area contributed by atoms with E-state index >= 15 is 0 Å². The van der Waals surface area contributed by atoms with Crippen molar-refractivity contribution in [2.24, 2.45) is 0 Å². The van der Waals surface area contributed by atoms with Gasteiger partial charge < -0.3 is 4.74 Å². The molecule has 11 heteroatoms. The maximum atomic E-state index is 13.5. The second-order valence-corrected chi connectivity index (χ2v) is 5.84. The molecule has 142 valence electrons. The Morgan fingerprint density at radius 3 is 2.52 bits per heavy atom. The molecule has 0 atom stereocenters. The smallest absolute Gasteiger partial charge is 0.416 e. The first-order valence-electron chi connectivity index (χ1n) is 7.41. The third kappa shape index (κ3) is 3.95. The minimum atomic E-state index is -4.73. The van der Waals surface area contributed by atoms with Crippen LogP contribution in [0, 0.1) is 5.82 Å². The summed E-state index contributed by atoms with van der Waals surface area (Å²) in [6.07, 6.45) is -3.57. The van der Waals surface area contributed by atoms with Gasteiger partial charge in [-0.15, -0.1) is 0 Å². The van der Waals surface area contributed by atoms with E-state index in [2.05, 4.69) is 10.3 Å². The number of carbonyl (C=O) groups excluding carboxylic acids is 2. The lowest BCUT2D eigenvalue weighted by molar-refractivity contribution is -0.138. The van der Waals surface area contributed by atoms with Gasteiger partial charge in [0.25, 0.3) is 0 Å². The number of alkyl halides is 3. The summed E-state index contributed by atoms with van der Waals surface area (Å²) in [5.74, 6) is -1.26. The van der Waals surface area contributed by atoms with Crippen LogP contribution in [-0.4, -0.2) is 23.5 Å². The number of hydrogen-bond donors (Lipinski definition) is 1. The van der Waals surface area contributed by atoms with Crippen LogP contribution in [0.25, 0.3) is 0 Å². The van der Waals surface area contributed by atoms with E-state index in [1.165, 1.54) is 12.1 Å². The molecule has 1 aliphatic rings. The van der Waals surface area contributed by atoms with Crippen LogP contribution in [0.15, 0.2) is 30.5 Å². The summed E-state index contributed by atoms with van der Waals surface area (Å²) in [4.78, 5) is 27.7. The fourth-order valence-corrected chi connectivity index (χ4v) is 2.62. The van der Waals surface area contributed by atoms with Crippen LogP contribution >= 0.6 is 11.6 Å². The topological polar surface area (TPSA) is 71.5 Å². The van der Waals surface area contributed by atoms with E-state index in [1.54, 1.807) is 0 Å². The van der Waals surface area contributed by atoms with Gasteiger partial charge in [-0.25, -0.2) is 14.2 Å². The van der Waals surface area contributed by atoms with Crippen molar-refractivity contribution in [1.82, 2.24) is 10.3 Å². The van der Waals surface area contributed by atoms with Crippen LogP contribution in [0.3, 0.4) is 0 Å². The molecule has 0 saturated carbocycles. The lowest BCUT2D eigenvalue weighted by Crippen LogP contribution is -2.28. The van der Waals surface area contributed by atoms with Crippen molar-refractivity contribution in [2.45, 2.75) is 12.8 Å². The second-order valence-electron chi connectivity index (χ2n) is 5.47. The van der Waals surface area contributed by atoms with Gasteiger partial charge in [0.15, 0.2) is 0 Å². The minimum absolute atomic E-state index is 0.0677. The number of aromatic nitrogens is 1. The van der Waals surface area contributed by atoms with Crippen LogP contribution in [-0.2, 0) is 17.6 Å². The third-order valence-electron chi connectivity index (χ3n) is 3.68. The fourth-order valence-electron chi connectivity index (χ4n) is 2.40. The number of pyridine rings is 1. The number of halogens is 5. The molecule has 0 aliphatic carbocycles. The predicted molar refractivity (Wildman–Crippen MR) is 85.9 cm³/mol. The summed E-state index contributed by atoms with van der Waals surface area (Å²) in [5, 5.41) is 1.40. The number of imide groups is 1. The number of carbonyl (C=O) groups is 2. The highest BCUT2D eigenvalue weighted by atomic mass is 35.5. The van der Waals surface area contributed by atoms with E-state index in [0.29, 0.717) is 12.1 Å². The van der Waals surface area contributed by atoms with Crippen molar-refractivity contribution in [3.63, 3.8) is 0 Å². The molecule has 2 heterocycles. The molecule has 3 amide bonds. The van der Waals surface area contributed by atoms with Gasteiger partial charge in [0, 0.05) is 5.56 Å². The van der Waals surface area contributed by atoms with Crippen LogP contribution in [0.4, 0.5) is 28.2 Å². The van der Waals surface area contributed by atoms with Crippen molar-refractivity contribution in [3.05, 3.63) is 52.4 Å². The highest BCUT2D eigenvalue weighted by Crippen LogP contribution is 2.36. The van der Waals surface area contributed by atoms with Crippen LogP contribution in [0.2, 0.25) is 5.02 Å². The normalized spacial score (nSPS) is 14.5. The Balaban J connectivity index is 1.77. The lowest BCUT2D eigenvalue weighted by Gasteiger charge is -2.16. The van der Waals surface area contributed by atoms with Crippen LogP contribution in [0.1, 0.15) is 11.1 Å². The van der Waals surface area contributed by atoms with Gasteiger partial charge in [-0.3, -0.25) is 15.0 Å². The molecule has 1 aromatic carbocycles. The molecule has 0 unspecified atom stereocenters. The standard InChI is InChI=1S/C16H10ClF4N3O3/c17-14-9(10(16(19,20)21)2-3-11(14)18)7-27-8-1-4-12(22-5-8)24-6-13(25)23-15(24)26/h1-5H,6-7H2,(H,23,25,26). The van der Waals surface area contributed by atoms with E-state index in [9.17, 15) is 27.2 Å². The molecular formula is C16H10ClF4N3O3. The molecule has 0 bridgehead atoms. The van der Waals surface area contributed by atoms with Crippen LogP contribution in [0.5, 0.6) is 5.75 Å². The zero-order valence-corrected chi connectivity index (χ0v) is 14.1. The van der Waals surface area contributed by atoms with Crippen molar-refractivity contribution in [1.29, 1.82) is 0 Å².